The van der Waals surface area contributed by atoms with Gasteiger partial charge < -0.3 is 19.7 Å². The van der Waals surface area contributed by atoms with E-state index in [1.54, 1.807) is 24.4 Å². The molecule has 0 unspecified atom stereocenters. The third-order valence-electron chi connectivity index (χ3n) is 5.17. The van der Waals surface area contributed by atoms with Crippen molar-refractivity contribution in [3.05, 3.63) is 53.7 Å². The second-order valence-corrected chi connectivity index (χ2v) is 6.95. The van der Waals surface area contributed by atoms with Gasteiger partial charge in [0.25, 0.3) is 5.91 Å². The SMILES string of the molecule is O=C(NCCc1ccccc1F)c1cnc(N2CCC3(CC2)OCCO3)cn1. The summed E-state index contributed by atoms with van der Waals surface area (Å²) in [7, 11) is 0. The summed E-state index contributed by atoms with van der Waals surface area (Å²) in [5.74, 6) is -0.281. The number of benzene rings is 1. The van der Waals surface area contributed by atoms with Crippen LogP contribution in [0.15, 0.2) is 36.7 Å². The zero-order chi connectivity index (χ0) is 19.4. The van der Waals surface area contributed by atoms with Gasteiger partial charge in [0.15, 0.2) is 5.79 Å². The zero-order valence-corrected chi connectivity index (χ0v) is 15.6. The molecule has 2 fully saturated rings. The van der Waals surface area contributed by atoms with Crippen LogP contribution in [0.3, 0.4) is 0 Å². The van der Waals surface area contributed by atoms with Gasteiger partial charge in [-0.25, -0.2) is 14.4 Å². The van der Waals surface area contributed by atoms with E-state index < -0.39 is 5.79 Å². The standard InChI is InChI=1S/C20H23FN4O3/c21-16-4-2-1-3-15(16)5-8-22-19(26)17-13-24-18(14-23-17)25-9-6-20(7-10-25)27-11-12-28-20/h1-4,13-14H,5-12H2,(H,22,26). The second kappa shape index (κ2) is 8.20. The topological polar surface area (TPSA) is 76.6 Å². The molecule has 0 radical (unpaired) electrons. The van der Waals surface area contributed by atoms with E-state index in [4.69, 9.17) is 9.47 Å². The maximum atomic E-state index is 13.6. The van der Waals surface area contributed by atoms with Crippen LogP contribution in [-0.4, -0.2) is 54.5 Å². The van der Waals surface area contributed by atoms with Crippen molar-refractivity contribution in [1.29, 1.82) is 0 Å². The van der Waals surface area contributed by atoms with Crippen molar-refractivity contribution < 1.29 is 18.7 Å². The molecule has 1 aromatic heterocycles. The smallest absolute Gasteiger partial charge is 0.271 e. The number of halogens is 1. The van der Waals surface area contributed by atoms with Gasteiger partial charge in [-0.2, -0.15) is 0 Å². The Morgan fingerprint density at radius 1 is 1.14 bits per heavy atom. The summed E-state index contributed by atoms with van der Waals surface area (Å²) in [6, 6.07) is 6.54. The van der Waals surface area contributed by atoms with Crippen molar-refractivity contribution in [3.8, 4) is 0 Å². The van der Waals surface area contributed by atoms with Crippen LogP contribution < -0.4 is 10.2 Å². The molecule has 2 aliphatic heterocycles. The number of hydrogen-bond acceptors (Lipinski definition) is 6. The van der Waals surface area contributed by atoms with Crippen molar-refractivity contribution in [1.82, 2.24) is 15.3 Å². The highest BCUT2D eigenvalue weighted by molar-refractivity contribution is 5.92. The van der Waals surface area contributed by atoms with Crippen LogP contribution in [0.25, 0.3) is 0 Å². The minimum atomic E-state index is -0.429. The average Bonchev–Trinajstić information content (AvgIpc) is 3.18. The number of piperidine rings is 1. The number of rotatable bonds is 5. The molecule has 1 amide bonds. The minimum absolute atomic E-state index is 0.244. The Hall–Kier alpha value is -2.58. The van der Waals surface area contributed by atoms with Gasteiger partial charge in [0.1, 0.15) is 17.3 Å². The highest BCUT2D eigenvalue weighted by atomic mass is 19.1. The molecule has 0 aliphatic carbocycles. The van der Waals surface area contributed by atoms with Gasteiger partial charge >= 0.3 is 0 Å². The average molecular weight is 386 g/mol. The van der Waals surface area contributed by atoms with E-state index in [0.29, 0.717) is 31.7 Å². The summed E-state index contributed by atoms with van der Waals surface area (Å²) in [4.78, 5) is 23.0. The van der Waals surface area contributed by atoms with Crippen molar-refractivity contribution in [2.75, 3.05) is 37.7 Å². The van der Waals surface area contributed by atoms with Crippen LogP contribution in [-0.2, 0) is 15.9 Å². The Balaban J connectivity index is 1.28. The number of nitrogens with one attached hydrogen (secondary N) is 1. The number of anilines is 1. The number of amides is 1. The molecule has 1 N–H and O–H groups in total. The third-order valence-corrected chi connectivity index (χ3v) is 5.17. The number of aromatic nitrogens is 2. The van der Waals surface area contributed by atoms with Gasteiger partial charge in [-0.15, -0.1) is 0 Å². The Morgan fingerprint density at radius 2 is 1.89 bits per heavy atom. The first-order chi connectivity index (χ1) is 13.7. The molecule has 2 saturated heterocycles. The molecule has 1 aromatic carbocycles. The summed E-state index contributed by atoms with van der Waals surface area (Å²) in [6.07, 6.45) is 5.07. The summed E-state index contributed by atoms with van der Waals surface area (Å²) in [5, 5.41) is 2.75. The first-order valence-electron chi connectivity index (χ1n) is 9.52. The van der Waals surface area contributed by atoms with Gasteiger partial charge in [-0.1, -0.05) is 18.2 Å². The monoisotopic (exact) mass is 386 g/mol. The molecule has 8 heteroatoms. The number of nitrogens with zero attached hydrogens (tertiary/aromatic N) is 3. The number of carbonyl (C=O) groups is 1. The molecular formula is C20H23FN4O3. The summed E-state index contributed by atoms with van der Waals surface area (Å²) in [5.41, 5.74) is 0.815. The molecular weight excluding hydrogens is 363 g/mol. The largest absolute Gasteiger partial charge is 0.355 e. The molecule has 2 aliphatic rings. The molecule has 0 bridgehead atoms. The van der Waals surface area contributed by atoms with Gasteiger partial charge in [0.2, 0.25) is 0 Å². The van der Waals surface area contributed by atoms with Crippen molar-refractivity contribution in [3.63, 3.8) is 0 Å². The maximum absolute atomic E-state index is 13.6. The Kier molecular flexibility index (Phi) is 5.50. The van der Waals surface area contributed by atoms with Gasteiger partial charge in [-0.05, 0) is 18.1 Å². The summed E-state index contributed by atoms with van der Waals surface area (Å²) in [6.45, 7) is 3.17. The molecule has 148 valence electrons. The van der Waals surface area contributed by atoms with Crippen LogP contribution >= 0.6 is 0 Å². The fourth-order valence-corrected chi connectivity index (χ4v) is 3.57. The predicted molar refractivity (Wildman–Crippen MR) is 101 cm³/mol. The fraction of sp³-hybridized carbons (Fsp3) is 0.450. The molecule has 2 aromatic rings. The molecule has 0 atom stereocenters. The van der Waals surface area contributed by atoms with E-state index >= 15 is 0 Å². The van der Waals surface area contributed by atoms with Crippen LogP contribution in [0, 0.1) is 5.82 Å². The van der Waals surface area contributed by atoms with Crippen LogP contribution in [0.1, 0.15) is 28.9 Å². The van der Waals surface area contributed by atoms with Gasteiger partial charge in [0, 0.05) is 32.5 Å². The quantitative estimate of drug-likeness (QED) is 0.846. The normalized spacial score (nSPS) is 18.4. The Morgan fingerprint density at radius 3 is 2.57 bits per heavy atom. The molecule has 3 heterocycles. The van der Waals surface area contributed by atoms with Gasteiger partial charge in [-0.3, -0.25) is 4.79 Å². The van der Waals surface area contributed by atoms with Crippen LogP contribution in [0.5, 0.6) is 0 Å². The maximum Gasteiger partial charge on any atom is 0.271 e. The van der Waals surface area contributed by atoms with Crippen molar-refractivity contribution >= 4 is 11.7 Å². The molecule has 1 spiro atoms. The Labute approximate surface area is 162 Å². The lowest BCUT2D eigenvalue weighted by Gasteiger charge is -2.37. The van der Waals surface area contributed by atoms with E-state index in [9.17, 15) is 9.18 Å². The van der Waals surface area contributed by atoms with Crippen molar-refractivity contribution in [2.45, 2.75) is 25.0 Å². The van der Waals surface area contributed by atoms with Crippen LogP contribution in [0.2, 0.25) is 0 Å². The fourth-order valence-electron chi connectivity index (χ4n) is 3.57. The summed E-state index contributed by atoms with van der Waals surface area (Å²) < 4.78 is 25.1. The lowest BCUT2D eigenvalue weighted by Crippen LogP contribution is -2.45. The van der Waals surface area contributed by atoms with E-state index in [1.807, 2.05) is 0 Å². The molecule has 7 nitrogen and oxygen atoms in total. The van der Waals surface area contributed by atoms with E-state index in [1.165, 1.54) is 12.3 Å². The van der Waals surface area contributed by atoms with E-state index in [-0.39, 0.29) is 17.4 Å². The number of hydrogen-bond donors (Lipinski definition) is 1. The highest BCUT2D eigenvalue weighted by Gasteiger charge is 2.40. The molecule has 4 rings (SSSR count). The summed E-state index contributed by atoms with van der Waals surface area (Å²) >= 11 is 0. The lowest BCUT2D eigenvalue weighted by atomic mass is 10.0. The molecule has 28 heavy (non-hydrogen) atoms. The molecule has 0 saturated carbocycles. The number of carbonyl (C=O) groups excluding carboxylic acids is 1. The van der Waals surface area contributed by atoms with Gasteiger partial charge in [0.05, 0.1) is 25.6 Å². The zero-order valence-electron chi connectivity index (χ0n) is 15.6. The van der Waals surface area contributed by atoms with Crippen molar-refractivity contribution in [2.24, 2.45) is 0 Å². The first-order valence-corrected chi connectivity index (χ1v) is 9.52. The first kappa shape index (κ1) is 18.8. The van der Waals surface area contributed by atoms with Crippen LogP contribution in [0.4, 0.5) is 10.2 Å². The predicted octanol–water partition coefficient (Wildman–Crippen LogP) is 1.93. The minimum Gasteiger partial charge on any atom is -0.355 e. The lowest BCUT2D eigenvalue weighted by molar-refractivity contribution is -0.169. The van der Waals surface area contributed by atoms with E-state index in [2.05, 4.69) is 20.2 Å². The second-order valence-electron chi connectivity index (χ2n) is 6.95. The number of ether oxygens (including phenoxy) is 2. The van der Waals surface area contributed by atoms with E-state index in [0.717, 1.165) is 31.7 Å². The highest BCUT2D eigenvalue weighted by Crippen LogP contribution is 2.32. The third kappa shape index (κ3) is 4.13. The Bertz CT molecular complexity index is 814.